The number of nitrogens with one attached hydrogen (secondary N) is 1. The van der Waals surface area contributed by atoms with Gasteiger partial charge in [0.05, 0.1) is 6.20 Å². The van der Waals surface area contributed by atoms with Crippen LogP contribution in [0.3, 0.4) is 0 Å². The monoisotopic (exact) mass is 251 g/mol. The van der Waals surface area contributed by atoms with Gasteiger partial charge in [0, 0.05) is 12.7 Å². The van der Waals surface area contributed by atoms with Crippen molar-refractivity contribution in [2.45, 2.75) is 6.92 Å². The van der Waals surface area contributed by atoms with Crippen LogP contribution in [-0.4, -0.2) is 26.5 Å². The number of rotatable bonds is 4. The van der Waals surface area contributed by atoms with Crippen molar-refractivity contribution in [1.29, 1.82) is 0 Å². The molecule has 0 atom stereocenters. The zero-order valence-electron chi connectivity index (χ0n) is 9.09. The van der Waals surface area contributed by atoms with Gasteiger partial charge < -0.3 is 10.1 Å². The minimum Gasteiger partial charge on any atom is -0.422 e. The molecule has 1 N–H and O–H groups in total. The van der Waals surface area contributed by atoms with Gasteiger partial charge in [0.25, 0.3) is 0 Å². The van der Waals surface area contributed by atoms with E-state index in [1.807, 2.05) is 6.92 Å². The summed E-state index contributed by atoms with van der Waals surface area (Å²) >= 11 is 5.75. The summed E-state index contributed by atoms with van der Waals surface area (Å²) < 4.78 is 5.40. The molecule has 0 aliphatic rings. The highest BCUT2D eigenvalue weighted by molar-refractivity contribution is 6.28. The number of hydrogen-bond acceptors (Lipinski definition) is 6. The molecule has 0 saturated heterocycles. The second-order valence-corrected chi connectivity index (χ2v) is 3.37. The summed E-state index contributed by atoms with van der Waals surface area (Å²) in [7, 11) is 0. The maximum Gasteiger partial charge on any atom is 0.328 e. The highest BCUT2D eigenvalue weighted by atomic mass is 35.5. The van der Waals surface area contributed by atoms with Gasteiger partial charge in [-0.3, -0.25) is 4.98 Å². The summed E-state index contributed by atoms with van der Waals surface area (Å²) in [5.74, 6) is 0.920. The fourth-order valence-corrected chi connectivity index (χ4v) is 1.28. The van der Waals surface area contributed by atoms with Crippen molar-refractivity contribution in [3.63, 3.8) is 0 Å². The molecule has 0 saturated carbocycles. The van der Waals surface area contributed by atoms with E-state index in [-0.39, 0.29) is 11.3 Å². The molecule has 0 aliphatic carbocycles. The molecule has 0 spiro atoms. The Labute approximate surface area is 103 Å². The molecule has 0 bridgehead atoms. The number of nitrogens with zero attached hydrogens (tertiary/aromatic N) is 4. The first kappa shape index (κ1) is 11.5. The Balaban J connectivity index is 2.21. The van der Waals surface area contributed by atoms with Crippen molar-refractivity contribution >= 4 is 17.5 Å². The molecule has 0 unspecified atom stereocenters. The molecule has 2 rings (SSSR count). The Hall–Kier alpha value is -1.95. The first-order valence-corrected chi connectivity index (χ1v) is 5.39. The number of aromatic nitrogens is 4. The molecule has 0 aromatic carbocycles. The van der Waals surface area contributed by atoms with Crippen molar-refractivity contribution in [2.24, 2.45) is 0 Å². The summed E-state index contributed by atoms with van der Waals surface area (Å²) in [6, 6.07) is 3.63. The fourth-order valence-electron chi connectivity index (χ4n) is 1.13. The van der Waals surface area contributed by atoms with Crippen LogP contribution in [0.1, 0.15) is 6.92 Å². The standard InChI is InChI=1S/C10H10ClN5O/c1-2-13-9-14-8(11)15-10(16-9)17-7-4-3-5-12-6-7/h3-6H,2H2,1H3,(H,13,14,15,16). The van der Waals surface area contributed by atoms with Crippen LogP contribution in [-0.2, 0) is 0 Å². The van der Waals surface area contributed by atoms with E-state index < -0.39 is 0 Å². The lowest BCUT2D eigenvalue weighted by Gasteiger charge is -2.05. The number of pyridine rings is 1. The van der Waals surface area contributed by atoms with E-state index in [1.165, 1.54) is 0 Å². The average molecular weight is 252 g/mol. The zero-order valence-corrected chi connectivity index (χ0v) is 9.85. The fraction of sp³-hybridized carbons (Fsp3) is 0.200. The molecule has 0 aliphatic heterocycles. The van der Waals surface area contributed by atoms with Gasteiger partial charge in [0.15, 0.2) is 0 Å². The number of anilines is 1. The number of ether oxygens (including phenoxy) is 1. The van der Waals surface area contributed by atoms with Gasteiger partial charge in [0.1, 0.15) is 5.75 Å². The van der Waals surface area contributed by atoms with E-state index in [0.29, 0.717) is 18.2 Å². The molecule has 2 heterocycles. The Bertz CT molecular complexity index is 493. The van der Waals surface area contributed by atoms with Crippen molar-refractivity contribution in [2.75, 3.05) is 11.9 Å². The van der Waals surface area contributed by atoms with Gasteiger partial charge in [-0.15, -0.1) is 0 Å². The predicted octanol–water partition coefficient (Wildman–Crippen LogP) is 2.14. The largest absolute Gasteiger partial charge is 0.422 e. The molecule has 0 fully saturated rings. The van der Waals surface area contributed by atoms with Gasteiger partial charge in [-0.05, 0) is 30.7 Å². The summed E-state index contributed by atoms with van der Waals surface area (Å²) in [6.07, 6.45) is 3.21. The van der Waals surface area contributed by atoms with E-state index in [4.69, 9.17) is 16.3 Å². The van der Waals surface area contributed by atoms with E-state index in [1.54, 1.807) is 24.5 Å². The number of halogens is 1. The van der Waals surface area contributed by atoms with Crippen molar-refractivity contribution < 1.29 is 4.74 Å². The van der Waals surface area contributed by atoms with Crippen LogP contribution in [0.15, 0.2) is 24.5 Å². The Morgan fingerprint density at radius 3 is 2.94 bits per heavy atom. The molecule has 2 aromatic rings. The summed E-state index contributed by atoms with van der Waals surface area (Å²) in [6.45, 7) is 2.62. The van der Waals surface area contributed by atoms with Crippen molar-refractivity contribution in [1.82, 2.24) is 19.9 Å². The van der Waals surface area contributed by atoms with Gasteiger partial charge in [-0.1, -0.05) is 0 Å². The second kappa shape index (κ2) is 5.40. The SMILES string of the molecule is CCNc1nc(Cl)nc(Oc2cccnc2)n1. The summed E-state index contributed by atoms with van der Waals surface area (Å²) in [4.78, 5) is 15.7. The quantitative estimate of drug-likeness (QED) is 0.898. The molecule has 88 valence electrons. The highest BCUT2D eigenvalue weighted by Gasteiger charge is 2.06. The summed E-state index contributed by atoms with van der Waals surface area (Å²) in [5, 5.41) is 3.01. The molecular formula is C10H10ClN5O. The predicted molar refractivity (Wildman–Crippen MR) is 63.3 cm³/mol. The van der Waals surface area contributed by atoms with Crippen LogP contribution in [0, 0.1) is 0 Å². The molecular weight excluding hydrogens is 242 g/mol. The third-order valence-electron chi connectivity index (χ3n) is 1.77. The first-order valence-electron chi connectivity index (χ1n) is 5.01. The lowest BCUT2D eigenvalue weighted by Crippen LogP contribution is -2.04. The normalized spacial score (nSPS) is 10.0. The number of hydrogen-bond donors (Lipinski definition) is 1. The van der Waals surface area contributed by atoms with Gasteiger partial charge in [-0.2, -0.15) is 15.0 Å². The second-order valence-electron chi connectivity index (χ2n) is 3.03. The molecule has 6 nitrogen and oxygen atoms in total. The molecule has 7 heteroatoms. The topological polar surface area (TPSA) is 72.8 Å². The lowest BCUT2D eigenvalue weighted by atomic mass is 10.5. The van der Waals surface area contributed by atoms with Gasteiger partial charge in [0.2, 0.25) is 11.2 Å². The van der Waals surface area contributed by atoms with Crippen LogP contribution in [0.2, 0.25) is 5.28 Å². The van der Waals surface area contributed by atoms with Crippen molar-refractivity contribution in [3.8, 4) is 11.8 Å². The van der Waals surface area contributed by atoms with Crippen LogP contribution < -0.4 is 10.1 Å². The third-order valence-corrected chi connectivity index (χ3v) is 1.94. The molecule has 0 radical (unpaired) electrons. The first-order chi connectivity index (χ1) is 8.28. The highest BCUT2D eigenvalue weighted by Crippen LogP contribution is 2.18. The van der Waals surface area contributed by atoms with E-state index in [0.717, 1.165) is 0 Å². The molecule has 17 heavy (non-hydrogen) atoms. The Morgan fingerprint density at radius 2 is 2.24 bits per heavy atom. The lowest BCUT2D eigenvalue weighted by molar-refractivity contribution is 0.438. The van der Waals surface area contributed by atoms with Gasteiger partial charge in [-0.25, -0.2) is 0 Å². The summed E-state index contributed by atoms with van der Waals surface area (Å²) in [5.41, 5.74) is 0. The van der Waals surface area contributed by atoms with E-state index in [2.05, 4.69) is 25.3 Å². The van der Waals surface area contributed by atoms with Crippen LogP contribution in [0.25, 0.3) is 0 Å². The maximum absolute atomic E-state index is 5.75. The maximum atomic E-state index is 5.75. The minimum atomic E-state index is 0.0786. The minimum absolute atomic E-state index is 0.0786. The van der Waals surface area contributed by atoms with Crippen LogP contribution >= 0.6 is 11.6 Å². The molecule has 2 aromatic heterocycles. The zero-order chi connectivity index (χ0) is 12.1. The van der Waals surface area contributed by atoms with E-state index in [9.17, 15) is 0 Å². The Morgan fingerprint density at radius 1 is 1.35 bits per heavy atom. The Kier molecular flexibility index (Phi) is 3.66. The van der Waals surface area contributed by atoms with Gasteiger partial charge >= 0.3 is 6.01 Å². The average Bonchev–Trinajstić information content (AvgIpc) is 2.30. The smallest absolute Gasteiger partial charge is 0.328 e. The van der Waals surface area contributed by atoms with Crippen molar-refractivity contribution in [3.05, 3.63) is 29.8 Å². The van der Waals surface area contributed by atoms with E-state index >= 15 is 0 Å². The third kappa shape index (κ3) is 3.25. The molecule has 0 amide bonds. The van der Waals surface area contributed by atoms with Crippen LogP contribution in [0.5, 0.6) is 11.8 Å². The van der Waals surface area contributed by atoms with Crippen LogP contribution in [0.4, 0.5) is 5.95 Å².